The van der Waals surface area contributed by atoms with E-state index >= 15 is 0 Å². The molecule has 3 aliphatic rings. The van der Waals surface area contributed by atoms with E-state index in [4.69, 9.17) is 4.74 Å². The number of amides is 1. The second kappa shape index (κ2) is 6.90. The van der Waals surface area contributed by atoms with Gasteiger partial charge in [0.05, 0.1) is 6.10 Å². The van der Waals surface area contributed by atoms with Crippen LogP contribution in [0.25, 0.3) is 0 Å². The fourth-order valence-electron chi connectivity index (χ4n) is 3.98. The number of hydrogen-bond donors (Lipinski definition) is 3. The molecule has 126 valence electrons. The van der Waals surface area contributed by atoms with E-state index < -0.39 is 0 Å². The van der Waals surface area contributed by atoms with Gasteiger partial charge in [0.2, 0.25) is 5.91 Å². The van der Waals surface area contributed by atoms with Gasteiger partial charge in [0.1, 0.15) is 0 Å². The van der Waals surface area contributed by atoms with Crippen LogP contribution < -0.4 is 16.0 Å². The molecule has 4 unspecified atom stereocenters. The van der Waals surface area contributed by atoms with Crippen molar-refractivity contribution in [2.24, 2.45) is 16.3 Å². The van der Waals surface area contributed by atoms with Crippen LogP contribution in [0.3, 0.4) is 0 Å². The number of ether oxygens (including phenoxy) is 1. The van der Waals surface area contributed by atoms with E-state index in [1.54, 1.807) is 7.05 Å². The number of piperidine rings is 1. The minimum atomic E-state index is 0. The van der Waals surface area contributed by atoms with Gasteiger partial charge in [-0.2, -0.15) is 0 Å². The smallest absolute Gasteiger partial charge is 0.220 e. The normalized spacial score (nSPS) is 36.5. The lowest BCUT2D eigenvalue weighted by Crippen LogP contribution is -2.68. The van der Waals surface area contributed by atoms with Gasteiger partial charge in [0.25, 0.3) is 0 Å². The topological polar surface area (TPSA) is 74.8 Å². The molecule has 0 bridgehead atoms. The second-order valence-electron chi connectivity index (χ2n) is 6.94. The highest BCUT2D eigenvalue weighted by Crippen LogP contribution is 2.52. The van der Waals surface area contributed by atoms with Crippen LogP contribution in [-0.4, -0.2) is 50.3 Å². The Balaban J connectivity index is 0.00000176. The van der Waals surface area contributed by atoms with Crippen LogP contribution in [0.1, 0.15) is 33.1 Å². The summed E-state index contributed by atoms with van der Waals surface area (Å²) in [5.74, 6) is 1.56. The average Bonchev–Trinajstić information content (AvgIpc) is 2.92. The molecule has 2 aliphatic heterocycles. The Morgan fingerprint density at radius 2 is 2.14 bits per heavy atom. The Labute approximate surface area is 149 Å². The zero-order valence-corrected chi connectivity index (χ0v) is 15.8. The van der Waals surface area contributed by atoms with E-state index in [2.05, 4.69) is 34.8 Å². The minimum absolute atomic E-state index is 0. The third kappa shape index (κ3) is 3.20. The van der Waals surface area contributed by atoms with Gasteiger partial charge in [-0.1, -0.05) is 13.8 Å². The largest absolute Gasteiger partial charge is 0.377 e. The lowest BCUT2D eigenvalue weighted by Gasteiger charge is -2.55. The Kier molecular flexibility index (Phi) is 5.58. The standard InChI is InChI=1S/C15H26N4O2.HI/c1-15(2)12(10-6-7-21-13(10)15)19-14(16-3)18-9-4-5-11(20)17-8-9;/h9-10,12-13H,4-8H2,1-3H3,(H,17,20)(H2,16,18,19);1H. The molecule has 3 rings (SSSR count). The molecule has 2 saturated heterocycles. The number of nitrogens with one attached hydrogen (secondary N) is 3. The van der Waals surface area contributed by atoms with E-state index in [1.165, 1.54) is 0 Å². The van der Waals surface area contributed by atoms with Gasteiger partial charge in [-0.25, -0.2) is 0 Å². The number of carbonyl (C=O) groups is 1. The van der Waals surface area contributed by atoms with Gasteiger partial charge in [-0.05, 0) is 12.8 Å². The molecule has 6 nitrogen and oxygen atoms in total. The molecule has 7 heteroatoms. The molecular weight excluding hydrogens is 395 g/mol. The molecule has 2 heterocycles. The molecule has 22 heavy (non-hydrogen) atoms. The Hall–Kier alpha value is -0.570. The van der Waals surface area contributed by atoms with Crippen molar-refractivity contribution < 1.29 is 9.53 Å². The monoisotopic (exact) mass is 422 g/mol. The highest BCUT2D eigenvalue weighted by Gasteiger charge is 2.59. The fraction of sp³-hybridized carbons (Fsp3) is 0.867. The molecule has 0 spiro atoms. The van der Waals surface area contributed by atoms with Crippen molar-refractivity contribution in [2.45, 2.75) is 51.3 Å². The molecule has 0 aromatic heterocycles. The number of carbonyl (C=O) groups excluding carboxylic acids is 1. The summed E-state index contributed by atoms with van der Waals surface area (Å²) < 4.78 is 5.83. The third-order valence-corrected chi connectivity index (χ3v) is 5.22. The van der Waals surface area contributed by atoms with Gasteiger partial charge < -0.3 is 20.7 Å². The first-order chi connectivity index (χ1) is 10.0. The third-order valence-electron chi connectivity index (χ3n) is 5.22. The van der Waals surface area contributed by atoms with Crippen molar-refractivity contribution in [3.05, 3.63) is 0 Å². The summed E-state index contributed by atoms with van der Waals surface area (Å²) in [7, 11) is 1.80. The Bertz CT molecular complexity index is 445. The second-order valence-corrected chi connectivity index (χ2v) is 6.94. The number of halogens is 1. The Morgan fingerprint density at radius 1 is 1.36 bits per heavy atom. The lowest BCUT2D eigenvalue weighted by molar-refractivity contribution is -0.122. The molecule has 1 saturated carbocycles. The summed E-state index contributed by atoms with van der Waals surface area (Å²) in [5.41, 5.74) is 0.138. The first-order valence-electron chi connectivity index (χ1n) is 7.90. The van der Waals surface area contributed by atoms with E-state index in [0.717, 1.165) is 25.4 Å². The predicted octanol–water partition coefficient (Wildman–Crippen LogP) is 0.861. The number of rotatable bonds is 2. The number of aliphatic imine (C=N–C) groups is 1. The van der Waals surface area contributed by atoms with Crippen molar-refractivity contribution in [2.75, 3.05) is 20.2 Å². The average molecular weight is 422 g/mol. The first kappa shape index (κ1) is 17.8. The van der Waals surface area contributed by atoms with Gasteiger partial charge in [0.15, 0.2) is 5.96 Å². The van der Waals surface area contributed by atoms with Crippen LogP contribution in [0.15, 0.2) is 4.99 Å². The summed E-state index contributed by atoms with van der Waals surface area (Å²) in [6.45, 7) is 6.05. The fourth-order valence-corrected chi connectivity index (χ4v) is 3.98. The van der Waals surface area contributed by atoms with Crippen LogP contribution in [-0.2, 0) is 9.53 Å². The van der Waals surface area contributed by atoms with Crippen LogP contribution in [0.2, 0.25) is 0 Å². The molecule has 0 aromatic carbocycles. The maximum absolute atomic E-state index is 11.2. The quantitative estimate of drug-likeness (QED) is 0.351. The summed E-state index contributed by atoms with van der Waals surface area (Å²) in [5, 5.41) is 9.89. The molecule has 1 amide bonds. The lowest BCUT2D eigenvalue weighted by atomic mass is 9.57. The van der Waals surface area contributed by atoms with E-state index in [-0.39, 0.29) is 41.3 Å². The zero-order chi connectivity index (χ0) is 15.0. The maximum atomic E-state index is 11.2. The number of hydrogen-bond acceptors (Lipinski definition) is 3. The van der Waals surface area contributed by atoms with Gasteiger partial charge >= 0.3 is 0 Å². The van der Waals surface area contributed by atoms with Gasteiger partial charge in [-0.3, -0.25) is 9.79 Å². The van der Waals surface area contributed by atoms with Crippen LogP contribution >= 0.6 is 24.0 Å². The van der Waals surface area contributed by atoms with Crippen molar-refractivity contribution in [3.8, 4) is 0 Å². The van der Waals surface area contributed by atoms with Crippen molar-refractivity contribution in [1.29, 1.82) is 0 Å². The SMILES string of the molecule is CN=C(NC1CCC(=O)NC1)NC1C2CCOC2C1(C)C.I. The molecule has 0 radical (unpaired) electrons. The summed E-state index contributed by atoms with van der Waals surface area (Å²) in [6.07, 6.45) is 2.95. The van der Waals surface area contributed by atoms with Crippen LogP contribution in [0.5, 0.6) is 0 Å². The molecule has 3 N–H and O–H groups in total. The number of nitrogens with zero attached hydrogens (tertiary/aromatic N) is 1. The van der Waals surface area contributed by atoms with E-state index in [9.17, 15) is 4.79 Å². The predicted molar refractivity (Wildman–Crippen MR) is 96.5 cm³/mol. The van der Waals surface area contributed by atoms with Crippen molar-refractivity contribution in [3.63, 3.8) is 0 Å². The summed E-state index contributed by atoms with van der Waals surface area (Å²) >= 11 is 0. The first-order valence-corrected chi connectivity index (χ1v) is 7.90. The molecule has 3 fully saturated rings. The van der Waals surface area contributed by atoms with Crippen molar-refractivity contribution >= 4 is 35.8 Å². The molecule has 4 atom stereocenters. The van der Waals surface area contributed by atoms with Crippen LogP contribution in [0.4, 0.5) is 0 Å². The highest BCUT2D eigenvalue weighted by molar-refractivity contribution is 14.0. The zero-order valence-electron chi connectivity index (χ0n) is 13.5. The molecule has 0 aromatic rings. The summed E-state index contributed by atoms with van der Waals surface area (Å²) in [4.78, 5) is 15.6. The molecule has 1 aliphatic carbocycles. The summed E-state index contributed by atoms with van der Waals surface area (Å²) in [6, 6.07) is 0.655. The number of guanidine groups is 1. The molecular formula is C15H27IN4O2. The van der Waals surface area contributed by atoms with Gasteiger partial charge in [-0.15, -0.1) is 24.0 Å². The van der Waals surface area contributed by atoms with Crippen molar-refractivity contribution in [1.82, 2.24) is 16.0 Å². The van der Waals surface area contributed by atoms with Gasteiger partial charge in [0, 0.05) is 50.0 Å². The Morgan fingerprint density at radius 3 is 2.77 bits per heavy atom. The maximum Gasteiger partial charge on any atom is 0.220 e. The van der Waals surface area contributed by atoms with E-state index in [0.29, 0.717) is 31.0 Å². The minimum Gasteiger partial charge on any atom is -0.377 e. The number of fused-ring (bicyclic) bond motifs is 1. The van der Waals surface area contributed by atoms with E-state index in [1.807, 2.05) is 0 Å². The highest BCUT2D eigenvalue weighted by atomic mass is 127. The van der Waals surface area contributed by atoms with Crippen LogP contribution in [0, 0.1) is 11.3 Å².